The van der Waals surface area contributed by atoms with Gasteiger partial charge in [0.05, 0.1) is 5.56 Å². The van der Waals surface area contributed by atoms with Crippen molar-refractivity contribution in [1.29, 1.82) is 0 Å². The third-order valence-electron chi connectivity index (χ3n) is 3.77. The highest BCUT2D eigenvalue weighted by molar-refractivity contribution is 6.05. The molecule has 3 rings (SSSR count). The van der Waals surface area contributed by atoms with Gasteiger partial charge in [-0.2, -0.15) is 0 Å². The molecule has 1 heterocycles. The van der Waals surface area contributed by atoms with Crippen molar-refractivity contribution < 1.29 is 19.1 Å². The molecular weight excluding hydrogens is 322 g/mol. The van der Waals surface area contributed by atoms with Gasteiger partial charge in [0, 0.05) is 17.8 Å². The zero-order valence-electron chi connectivity index (χ0n) is 13.4. The number of benzene rings is 2. The van der Waals surface area contributed by atoms with Crippen LogP contribution >= 0.6 is 0 Å². The lowest BCUT2D eigenvalue weighted by molar-refractivity contribution is -0.117. The standard InChI is InChI=1S/C18H17N3O4/c19-17(23)8-3-11-1-4-12(5-2-11)20-18(24)21-13-6-7-16-14(9-13)15(22)10-25-16/h1-2,4-7,9H,3,8,10H2,(H2,19,23)(H2,20,21,24). The molecule has 2 aromatic rings. The monoisotopic (exact) mass is 339 g/mol. The maximum atomic E-state index is 12.1. The van der Waals surface area contributed by atoms with Gasteiger partial charge in [0.15, 0.2) is 6.61 Å². The van der Waals surface area contributed by atoms with Gasteiger partial charge >= 0.3 is 6.03 Å². The molecule has 3 amide bonds. The number of rotatable bonds is 5. The number of nitrogens with two attached hydrogens (primary N) is 1. The first-order valence-electron chi connectivity index (χ1n) is 7.76. The maximum absolute atomic E-state index is 12.1. The molecule has 4 N–H and O–H groups in total. The molecule has 0 atom stereocenters. The zero-order chi connectivity index (χ0) is 17.8. The highest BCUT2D eigenvalue weighted by Gasteiger charge is 2.21. The van der Waals surface area contributed by atoms with E-state index >= 15 is 0 Å². The lowest BCUT2D eigenvalue weighted by atomic mass is 10.1. The van der Waals surface area contributed by atoms with E-state index in [-0.39, 0.29) is 24.7 Å². The van der Waals surface area contributed by atoms with Crippen LogP contribution in [0.3, 0.4) is 0 Å². The Labute approximate surface area is 144 Å². The third-order valence-corrected chi connectivity index (χ3v) is 3.77. The molecular formula is C18H17N3O4. The van der Waals surface area contributed by atoms with E-state index in [0.717, 1.165) is 5.56 Å². The summed E-state index contributed by atoms with van der Waals surface area (Å²) in [6.07, 6.45) is 0.848. The number of aryl methyl sites for hydroxylation is 1. The van der Waals surface area contributed by atoms with E-state index in [1.807, 2.05) is 12.1 Å². The van der Waals surface area contributed by atoms with Gasteiger partial charge in [-0.3, -0.25) is 9.59 Å². The van der Waals surface area contributed by atoms with Crippen LogP contribution in [0, 0.1) is 0 Å². The van der Waals surface area contributed by atoms with Crippen LogP contribution in [0.2, 0.25) is 0 Å². The number of ketones is 1. The first kappa shape index (κ1) is 16.5. The second kappa shape index (κ2) is 7.04. The zero-order valence-corrected chi connectivity index (χ0v) is 13.4. The Morgan fingerprint density at radius 3 is 2.44 bits per heavy atom. The number of urea groups is 1. The summed E-state index contributed by atoms with van der Waals surface area (Å²) in [6, 6.07) is 11.6. The van der Waals surface area contributed by atoms with E-state index in [1.165, 1.54) is 0 Å². The van der Waals surface area contributed by atoms with Gasteiger partial charge in [-0.05, 0) is 42.3 Å². The molecule has 0 unspecified atom stereocenters. The predicted molar refractivity (Wildman–Crippen MR) is 92.9 cm³/mol. The number of carbonyl (C=O) groups is 3. The van der Waals surface area contributed by atoms with E-state index in [9.17, 15) is 14.4 Å². The van der Waals surface area contributed by atoms with Crippen molar-refractivity contribution in [2.24, 2.45) is 5.73 Å². The topological polar surface area (TPSA) is 111 Å². The van der Waals surface area contributed by atoms with Gasteiger partial charge < -0.3 is 21.1 Å². The SMILES string of the molecule is NC(=O)CCc1ccc(NC(=O)Nc2ccc3c(c2)C(=O)CO3)cc1. The summed E-state index contributed by atoms with van der Waals surface area (Å²) in [5.74, 6) is 0.0768. The first-order chi connectivity index (χ1) is 12.0. The molecule has 25 heavy (non-hydrogen) atoms. The van der Waals surface area contributed by atoms with Crippen LogP contribution in [0.1, 0.15) is 22.3 Å². The number of hydrogen-bond acceptors (Lipinski definition) is 4. The number of carbonyl (C=O) groups excluding carboxylic acids is 3. The molecule has 0 spiro atoms. The molecule has 0 aliphatic carbocycles. The molecule has 0 fully saturated rings. The van der Waals surface area contributed by atoms with E-state index in [2.05, 4.69) is 10.6 Å². The quantitative estimate of drug-likeness (QED) is 0.776. The van der Waals surface area contributed by atoms with Gasteiger partial charge in [0.1, 0.15) is 5.75 Å². The second-order valence-electron chi connectivity index (χ2n) is 5.67. The van der Waals surface area contributed by atoms with Gasteiger partial charge in [-0.25, -0.2) is 4.79 Å². The summed E-state index contributed by atoms with van der Waals surface area (Å²) >= 11 is 0. The lowest BCUT2D eigenvalue weighted by Crippen LogP contribution is -2.19. The highest BCUT2D eigenvalue weighted by Crippen LogP contribution is 2.28. The van der Waals surface area contributed by atoms with Crippen molar-refractivity contribution in [3.63, 3.8) is 0 Å². The molecule has 2 aromatic carbocycles. The molecule has 7 heteroatoms. The van der Waals surface area contributed by atoms with Crippen LogP contribution in [0.5, 0.6) is 5.75 Å². The van der Waals surface area contributed by atoms with Crippen LogP contribution in [0.4, 0.5) is 16.2 Å². The largest absolute Gasteiger partial charge is 0.485 e. The van der Waals surface area contributed by atoms with E-state index in [4.69, 9.17) is 10.5 Å². The maximum Gasteiger partial charge on any atom is 0.323 e. The Morgan fingerprint density at radius 1 is 1.04 bits per heavy atom. The fraction of sp³-hybridized carbons (Fsp3) is 0.167. The third kappa shape index (κ3) is 4.14. The minimum atomic E-state index is -0.420. The number of fused-ring (bicyclic) bond motifs is 1. The molecule has 0 saturated carbocycles. The van der Waals surface area contributed by atoms with Crippen molar-refractivity contribution in [3.05, 3.63) is 53.6 Å². The average molecular weight is 339 g/mol. The van der Waals surface area contributed by atoms with Gasteiger partial charge in [-0.15, -0.1) is 0 Å². The predicted octanol–water partition coefficient (Wildman–Crippen LogP) is 2.32. The summed E-state index contributed by atoms with van der Waals surface area (Å²) < 4.78 is 5.21. The average Bonchev–Trinajstić information content (AvgIpc) is 2.95. The van der Waals surface area contributed by atoms with Crippen molar-refractivity contribution in [2.75, 3.05) is 17.2 Å². The molecule has 0 radical (unpaired) electrons. The number of Topliss-reactive ketones (excluding diaryl/α,β-unsaturated/α-hetero) is 1. The smallest absolute Gasteiger partial charge is 0.323 e. The van der Waals surface area contributed by atoms with E-state index in [0.29, 0.717) is 29.1 Å². The van der Waals surface area contributed by atoms with Crippen LogP contribution in [0.25, 0.3) is 0 Å². The number of ether oxygens (including phenoxy) is 1. The van der Waals surface area contributed by atoms with E-state index < -0.39 is 6.03 Å². The Kier molecular flexibility index (Phi) is 4.65. The second-order valence-corrected chi connectivity index (χ2v) is 5.67. The Hall–Kier alpha value is -3.35. The van der Waals surface area contributed by atoms with Crippen molar-refractivity contribution in [2.45, 2.75) is 12.8 Å². The molecule has 0 saturated heterocycles. The molecule has 0 bridgehead atoms. The number of primary amides is 1. The van der Waals surface area contributed by atoms with Crippen LogP contribution in [-0.4, -0.2) is 24.3 Å². The van der Waals surface area contributed by atoms with Crippen molar-refractivity contribution >= 4 is 29.1 Å². The summed E-state index contributed by atoms with van der Waals surface area (Å²) in [4.78, 5) is 34.5. The Morgan fingerprint density at radius 2 is 1.72 bits per heavy atom. The van der Waals surface area contributed by atoms with Crippen LogP contribution in [0.15, 0.2) is 42.5 Å². The normalized spacial score (nSPS) is 12.2. The Balaban J connectivity index is 1.58. The van der Waals surface area contributed by atoms with Gasteiger partial charge in [0.2, 0.25) is 11.7 Å². The first-order valence-corrected chi connectivity index (χ1v) is 7.76. The summed E-state index contributed by atoms with van der Waals surface area (Å²) in [6.45, 7) is 0.0348. The minimum absolute atomic E-state index is 0.0348. The summed E-state index contributed by atoms with van der Waals surface area (Å²) in [5, 5.41) is 5.38. The van der Waals surface area contributed by atoms with Gasteiger partial charge in [-0.1, -0.05) is 12.1 Å². The number of amides is 3. The van der Waals surface area contributed by atoms with Crippen molar-refractivity contribution in [1.82, 2.24) is 0 Å². The molecule has 128 valence electrons. The number of hydrogen-bond donors (Lipinski definition) is 3. The van der Waals surface area contributed by atoms with Crippen LogP contribution in [-0.2, 0) is 11.2 Å². The Bertz CT molecular complexity index is 831. The lowest BCUT2D eigenvalue weighted by Gasteiger charge is -2.09. The summed E-state index contributed by atoms with van der Waals surface area (Å²) in [7, 11) is 0. The fourth-order valence-corrected chi connectivity index (χ4v) is 2.49. The molecule has 1 aliphatic rings. The molecule has 0 aromatic heterocycles. The van der Waals surface area contributed by atoms with E-state index in [1.54, 1.807) is 30.3 Å². The molecule has 1 aliphatic heterocycles. The minimum Gasteiger partial charge on any atom is -0.485 e. The number of nitrogens with one attached hydrogen (secondary N) is 2. The summed E-state index contributed by atoms with van der Waals surface area (Å²) in [5.41, 5.74) is 7.67. The fourth-order valence-electron chi connectivity index (χ4n) is 2.49. The number of anilines is 2. The van der Waals surface area contributed by atoms with Crippen LogP contribution < -0.4 is 21.1 Å². The van der Waals surface area contributed by atoms with Crippen molar-refractivity contribution in [3.8, 4) is 5.75 Å². The van der Waals surface area contributed by atoms with Gasteiger partial charge in [0.25, 0.3) is 0 Å². The highest BCUT2D eigenvalue weighted by atomic mass is 16.5. The molecule has 7 nitrogen and oxygen atoms in total.